The van der Waals surface area contributed by atoms with E-state index in [0.29, 0.717) is 17.0 Å². The Kier molecular flexibility index (Phi) is 7.30. The van der Waals surface area contributed by atoms with Crippen LogP contribution < -0.4 is 10.1 Å². The van der Waals surface area contributed by atoms with Gasteiger partial charge >= 0.3 is 0 Å². The van der Waals surface area contributed by atoms with Gasteiger partial charge in [-0.3, -0.25) is 19.3 Å². The molecule has 1 saturated heterocycles. The van der Waals surface area contributed by atoms with E-state index in [9.17, 15) is 18.8 Å². The molecule has 0 aliphatic carbocycles. The van der Waals surface area contributed by atoms with Crippen LogP contribution in [0, 0.1) is 5.82 Å². The number of benzene rings is 3. The van der Waals surface area contributed by atoms with Gasteiger partial charge in [0.15, 0.2) is 0 Å². The largest absolute Gasteiger partial charge is 0.489 e. The maximum Gasteiger partial charge on any atom is 0.294 e. The summed E-state index contributed by atoms with van der Waals surface area (Å²) in [6, 6.07) is 19.9. The fraction of sp³-hybridized carbons (Fsp3) is 0.0800. The Morgan fingerprint density at radius 3 is 2.59 bits per heavy atom. The van der Waals surface area contributed by atoms with Crippen LogP contribution in [0.1, 0.15) is 11.1 Å². The van der Waals surface area contributed by atoms with Crippen LogP contribution in [0.5, 0.6) is 5.75 Å². The van der Waals surface area contributed by atoms with Crippen molar-refractivity contribution in [3.63, 3.8) is 0 Å². The van der Waals surface area contributed by atoms with Gasteiger partial charge in [-0.15, -0.1) is 0 Å². The highest BCUT2D eigenvalue weighted by Crippen LogP contribution is 2.32. The average molecular weight is 497 g/mol. The van der Waals surface area contributed by atoms with E-state index < -0.39 is 22.9 Å². The predicted octanol–water partition coefficient (Wildman–Crippen LogP) is 5.73. The van der Waals surface area contributed by atoms with Gasteiger partial charge in [-0.2, -0.15) is 0 Å². The van der Waals surface area contributed by atoms with Crippen molar-refractivity contribution in [2.45, 2.75) is 6.61 Å². The smallest absolute Gasteiger partial charge is 0.294 e. The summed E-state index contributed by atoms with van der Waals surface area (Å²) in [5, 5.41) is 2.39. The van der Waals surface area contributed by atoms with E-state index in [1.807, 2.05) is 6.07 Å². The number of hydrogen-bond acceptors (Lipinski definition) is 5. The highest BCUT2D eigenvalue weighted by molar-refractivity contribution is 8.18. The van der Waals surface area contributed by atoms with Crippen LogP contribution in [0.4, 0.5) is 14.9 Å². The Balaban J connectivity index is 1.42. The molecule has 9 heteroatoms. The number of ether oxygens (including phenoxy) is 1. The molecule has 1 aliphatic rings. The summed E-state index contributed by atoms with van der Waals surface area (Å²) < 4.78 is 19.6. The van der Waals surface area contributed by atoms with Gasteiger partial charge in [0.25, 0.3) is 11.1 Å². The zero-order valence-electron chi connectivity index (χ0n) is 17.7. The maximum absolute atomic E-state index is 14.0. The number of carbonyl (C=O) groups is 3. The van der Waals surface area contributed by atoms with Gasteiger partial charge < -0.3 is 10.1 Å². The Hall–Kier alpha value is -3.62. The lowest BCUT2D eigenvalue weighted by atomic mass is 10.2. The lowest BCUT2D eigenvalue weighted by Gasteiger charge is -2.12. The van der Waals surface area contributed by atoms with Crippen LogP contribution >= 0.6 is 23.4 Å². The molecule has 0 radical (unpaired) electrons. The van der Waals surface area contributed by atoms with Crippen molar-refractivity contribution in [3.8, 4) is 5.75 Å². The molecule has 0 bridgehead atoms. The molecule has 1 fully saturated rings. The van der Waals surface area contributed by atoms with E-state index in [-0.39, 0.29) is 28.6 Å². The van der Waals surface area contributed by atoms with E-state index in [2.05, 4.69) is 5.32 Å². The molecule has 3 amide bonds. The third kappa shape index (κ3) is 5.65. The van der Waals surface area contributed by atoms with Crippen LogP contribution in [0.15, 0.2) is 77.7 Å². The molecule has 0 aromatic heterocycles. The fourth-order valence-electron chi connectivity index (χ4n) is 3.17. The first-order valence-electron chi connectivity index (χ1n) is 10.2. The second kappa shape index (κ2) is 10.5. The van der Waals surface area contributed by atoms with Gasteiger partial charge in [0.05, 0.1) is 9.93 Å². The second-order valence-electron chi connectivity index (χ2n) is 7.24. The fourth-order valence-corrected chi connectivity index (χ4v) is 4.23. The van der Waals surface area contributed by atoms with Crippen molar-refractivity contribution < 1.29 is 23.5 Å². The minimum Gasteiger partial charge on any atom is -0.489 e. The minimum absolute atomic E-state index is 0.0675. The van der Waals surface area contributed by atoms with Crippen LogP contribution in [0.25, 0.3) is 6.08 Å². The van der Waals surface area contributed by atoms with Crippen molar-refractivity contribution in [1.29, 1.82) is 0 Å². The number of anilines is 1. The van der Waals surface area contributed by atoms with Gasteiger partial charge in [-0.25, -0.2) is 4.39 Å². The molecule has 1 heterocycles. The van der Waals surface area contributed by atoms with Crippen molar-refractivity contribution in [2.75, 3.05) is 11.9 Å². The molecule has 1 N–H and O–H groups in total. The normalized spacial score (nSPS) is 14.5. The summed E-state index contributed by atoms with van der Waals surface area (Å²) in [4.78, 5) is 38.4. The molecule has 0 spiro atoms. The summed E-state index contributed by atoms with van der Waals surface area (Å²) in [6.45, 7) is -0.453. The number of thioether (sulfide) groups is 1. The number of para-hydroxylation sites is 1. The molecule has 0 saturated carbocycles. The quantitative estimate of drug-likeness (QED) is 0.422. The lowest BCUT2D eigenvalue weighted by Crippen LogP contribution is -2.36. The molecule has 34 heavy (non-hydrogen) atoms. The highest BCUT2D eigenvalue weighted by Gasteiger charge is 2.36. The molecule has 0 unspecified atom stereocenters. The topological polar surface area (TPSA) is 75.7 Å². The Labute approximate surface area is 204 Å². The lowest BCUT2D eigenvalue weighted by molar-refractivity contribution is -0.127. The number of imide groups is 1. The molecule has 0 atom stereocenters. The Morgan fingerprint density at radius 2 is 1.82 bits per heavy atom. The van der Waals surface area contributed by atoms with Gasteiger partial charge in [0, 0.05) is 11.3 Å². The summed E-state index contributed by atoms with van der Waals surface area (Å²) in [5.74, 6) is -1.05. The van der Waals surface area contributed by atoms with E-state index in [1.54, 1.807) is 60.7 Å². The van der Waals surface area contributed by atoms with E-state index >= 15 is 0 Å². The van der Waals surface area contributed by atoms with Crippen LogP contribution in [0.3, 0.4) is 0 Å². The van der Waals surface area contributed by atoms with Crippen molar-refractivity contribution in [2.24, 2.45) is 0 Å². The average Bonchev–Trinajstić information content (AvgIpc) is 3.07. The standard InChI is InChI=1S/C25H18ClFN2O4S/c26-20-10-5-11-21(27)19(20)15-33-18-9-4-6-16(12-18)13-22-24(31)29(25(32)34-22)14-23(30)28-17-7-2-1-3-8-17/h1-13H,14-15H2,(H,28,30)/b22-13+. The molecular formula is C25H18ClFN2O4S. The molecule has 3 aromatic carbocycles. The monoisotopic (exact) mass is 496 g/mol. The van der Waals surface area contributed by atoms with Gasteiger partial charge in [0.1, 0.15) is 24.7 Å². The third-order valence-corrected chi connectivity index (χ3v) is 6.10. The van der Waals surface area contributed by atoms with E-state index in [0.717, 1.165) is 16.7 Å². The van der Waals surface area contributed by atoms with Gasteiger partial charge in [-0.05, 0) is 59.8 Å². The zero-order chi connectivity index (χ0) is 24.1. The number of carbonyl (C=O) groups excluding carboxylic acids is 3. The van der Waals surface area contributed by atoms with E-state index in [1.165, 1.54) is 12.1 Å². The second-order valence-corrected chi connectivity index (χ2v) is 8.64. The number of halogens is 2. The number of nitrogens with one attached hydrogen (secondary N) is 1. The number of rotatable bonds is 7. The predicted molar refractivity (Wildman–Crippen MR) is 130 cm³/mol. The first-order chi connectivity index (χ1) is 16.4. The van der Waals surface area contributed by atoms with Crippen LogP contribution in [-0.2, 0) is 16.2 Å². The molecule has 1 aliphatic heterocycles. The number of nitrogens with zero attached hydrogens (tertiary/aromatic N) is 1. The first-order valence-corrected chi connectivity index (χ1v) is 11.4. The Morgan fingerprint density at radius 1 is 1.06 bits per heavy atom. The molecule has 172 valence electrons. The van der Waals surface area contributed by atoms with Crippen molar-refractivity contribution in [1.82, 2.24) is 4.90 Å². The van der Waals surface area contributed by atoms with E-state index in [4.69, 9.17) is 16.3 Å². The first kappa shape index (κ1) is 23.5. The summed E-state index contributed by atoms with van der Waals surface area (Å²) in [7, 11) is 0. The van der Waals surface area contributed by atoms with Crippen molar-refractivity contribution >= 4 is 52.2 Å². The minimum atomic E-state index is -0.553. The molecular weight excluding hydrogens is 479 g/mol. The van der Waals surface area contributed by atoms with Gasteiger partial charge in [0.2, 0.25) is 5.91 Å². The summed E-state index contributed by atoms with van der Waals surface area (Å²) in [5.41, 5.74) is 1.42. The SMILES string of the molecule is O=C(CN1C(=O)S/C(=C/c2cccc(OCc3c(F)cccc3Cl)c2)C1=O)Nc1ccccc1. The number of hydrogen-bond donors (Lipinski definition) is 1. The summed E-state index contributed by atoms with van der Waals surface area (Å²) in [6.07, 6.45) is 1.54. The zero-order valence-corrected chi connectivity index (χ0v) is 19.2. The highest BCUT2D eigenvalue weighted by atomic mass is 35.5. The third-order valence-electron chi connectivity index (χ3n) is 4.83. The molecule has 4 rings (SSSR count). The Bertz CT molecular complexity index is 1260. The molecule has 6 nitrogen and oxygen atoms in total. The number of amides is 3. The van der Waals surface area contributed by atoms with Crippen molar-refractivity contribution in [3.05, 3.63) is 99.7 Å². The maximum atomic E-state index is 14.0. The van der Waals surface area contributed by atoms with Gasteiger partial charge in [-0.1, -0.05) is 48.0 Å². The summed E-state index contributed by atoms with van der Waals surface area (Å²) >= 11 is 6.79. The van der Waals surface area contributed by atoms with Crippen LogP contribution in [-0.4, -0.2) is 28.5 Å². The van der Waals surface area contributed by atoms with Crippen LogP contribution in [0.2, 0.25) is 5.02 Å². The molecule has 3 aromatic rings.